The van der Waals surface area contributed by atoms with Gasteiger partial charge in [-0.15, -0.1) is 0 Å². The molecule has 0 saturated heterocycles. The Balaban J connectivity index is 1.69. The fourth-order valence-electron chi connectivity index (χ4n) is 3.75. The Labute approximate surface area is 179 Å². The first-order valence-electron chi connectivity index (χ1n) is 9.61. The van der Waals surface area contributed by atoms with Crippen LogP contribution in [0, 0.1) is 0 Å². The van der Waals surface area contributed by atoms with E-state index in [0.29, 0.717) is 16.9 Å². The van der Waals surface area contributed by atoms with E-state index in [0.717, 1.165) is 27.5 Å². The molecule has 0 aliphatic rings. The van der Waals surface area contributed by atoms with Crippen LogP contribution in [-0.4, -0.2) is 34.2 Å². The van der Waals surface area contributed by atoms with Crippen molar-refractivity contribution in [2.75, 3.05) is 11.6 Å². The van der Waals surface area contributed by atoms with Crippen LogP contribution in [0.2, 0.25) is 0 Å². The van der Waals surface area contributed by atoms with Crippen molar-refractivity contribution in [1.82, 2.24) is 19.5 Å². The van der Waals surface area contributed by atoms with Gasteiger partial charge in [0, 0.05) is 54.9 Å². The Hall–Kier alpha value is -3.78. The number of sulfone groups is 1. The second-order valence-corrected chi connectivity index (χ2v) is 9.40. The van der Waals surface area contributed by atoms with E-state index in [-0.39, 0.29) is 4.90 Å². The molecule has 5 aromatic rings. The van der Waals surface area contributed by atoms with Gasteiger partial charge in [0.05, 0.1) is 27.8 Å². The maximum Gasteiger partial charge on any atom is 0.177 e. The summed E-state index contributed by atoms with van der Waals surface area (Å²) in [5, 5.41) is 4.37. The van der Waals surface area contributed by atoms with Crippen molar-refractivity contribution in [1.29, 1.82) is 0 Å². The molecule has 3 heterocycles. The molecule has 0 amide bonds. The summed E-state index contributed by atoms with van der Waals surface area (Å²) in [7, 11) is -1.40. The van der Waals surface area contributed by atoms with E-state index in [2.05, 4.69) is 49.1 Å². The minimum absolute atomic E-state index is 0.188. The molecule has 1 N–H and O–H groups in total. The minimum Gasteiger partial charge on any atom is -0.353 e. The molecular weight excluding hydrogens is 410 g/mol. The fourth-order valence-corrected chi connectivity index (χ4v) is 4.56. The van der Waals surface area contributed by atoms with Crippen LogP contribution in [0.3, 0.4) is 0 Å². The maximum atomic E-state index is 12.2. The number of anilines is 2. The van der Waals surface area contributed by atoms with Crippen LogP contribution in [0.25, 0.3) is 33.1 Å². The van der Waals surface area contributed by atoms with Gasteiger partial charge in [-0.25, -0.2) is 8.42 Å². The number of benzene rings is 2. The Kier molecular flexibility index (Phi) is 4.44. The predicted octanol–water partition coefficient (Wildman–Crippen LogP) is 4.33. The van der Waals surface area contributed by atoms with Gasteiger partial charge >= 0.3 is 0 Å². The monoisotopic (exact) mass is 429 g/mol. The smallest absolute Gasteiger partial charge is 0.177 e. The summed E-state index contributed by atoms with van der Waals surface area (Å²) in [5.74, 6) is 0. The molecule has 154 valence electrons. The first-order valence-corrected chi connectivity index (χ1v) is 11.5. The lowest BCUT2D eigenvalue weighted by atomic mass is 10.0. The third kappa shape index (κ3) is 3.51. The lowest BCUT2D eigenvalue weighted by Crippen LogP contribution is -2.03. The quantitative estimate of drug-likeness (QED) is 0.457. The number of rotatable bonds is 4. The second kappa shape index (κ2) is 7.17. The highest BCUT2D eigenvalue weighted by molar-refractivity contribution is 7.90. The molecule has 31 heavy (non-hydrogen) atoms. The molecule has 0 atom stereocenters. The van der Waals surface area contributed by atoms with Crippen LogP contribution in [0.1, 0.15) is 0 Å². The first-order chi connectivity index (χ1) is 14.9. The maximum absolute atomic E-state index is 12.2. The molecule has 0 bridgehead atoms. The van der Waals surface area contributed by atoms with Crippen LogP contribution in [0.4, 0.5) is 11.4 Å². The number of nitrogens with zero attached hydrogens (tertiary/aromatic N) is 4. The topological polar surface area (TPSA) is 89.8 Å². The molecule has 0 unspecified atom stereocenters. The summed E-state index contributed by atoms with van der Waals surface area (Å²) in [6.45, 7) is 0. The van der Waals surface area contributed by atoms with Crippen molar-refractivity contribution >= 4 is 43.1 Å². The summed E-state index contributed by atoms with van der Waals surface area (Å²) in [6.07, 6.45) is 9.49. The van der Waals surface area contributed by atoms with E-state index in [9.17, 15) is 8.42 Å². The number of nitrogens with one attached hydrogen (secondary N) is 1. The molecule has 8 heteroatoms. The second-order valence-electron chi connectivity index (χ2n) is 7.42. The normalized spacial score (nSPS) is 11.8. The van der Waals surface area contributed by atoms with Crippen LogP contribution in [0.15, 0.2) is 78.3 Å². The Bertz CT molecular complexity index is 1560. The lowest BCUT2D eigenvalue weighted by molar-refractivity contribution is 0.602. The number of aryl methyl sites for hydroxylation is 1. The van der Waals surface area contributed by atoms with Gasteiger partial charge in [0.25, 0.3) is 0 Å². The summed E-state index contributed by atoms with van der Waals surface area (Å²) in [5.41, 5.74) is 5.61. The van der Waals surface area contributed by atoms with E-state index in [1.165, 1.54) is 24.7 Å². The number of aromatic nitrogens is 4. The molecule has 0 aliphatic heterocycles. The number of hydrogen-bond acceptors (Lipinski definition) is 6. The molecule has 0 radical (unpaired) electrons. The third-order valence-corrected chi connectivity index (χ3v) is 6.39. The highest BCUT2D eigenvalue weighted by Gasteiger charge is 2.15. The van der Waals surface area contributed by atoms with Gasteiger partial charge in [-0.2, -0.15) is 0 Å². The van der Waals surface area contributed by atoms with Crippen LogP contribution in [0.5, 0.6) is 0 Å². The van der Waals surface area contributed by atoms with E-state index in [1.54, 1.807) is 12.4 Å². The average molecular weight is 430 g/mol. The van der Waals surface area contributed by atoms with Gasteiger partial charge in [-0.1, -0.05) is 12.1 Å². The number of hydrogen-bond donors (Lipinski definition) is 1. The van der Waals surface area contributed by atoms with Crippen molar-refractivity contribution in [3.8, 4) is 11.1 Å². The Morgan fingerprint density at radius 2 is 1.81 bits per heavy atom. The molecule has 3 aromatic heterocycles. The van der Waals surface area contributed by atoms with Gasteiger partial charge in [-0.3, -0.25) is 15.0 Å². The van der Waals surface area contributed by atoms with Gasteiger partial charge in [-0.05, 0) is 41.3 Å². The summed E-state index contributed by atoms with van der Waals surface area (Å²) in [6, 6.07) is 13.6. The molecule has 2 aromatic carbocycles. The first kappa shape index (κ1) is 19.2. The molecule has 7 nitrogen and oxygen atoms in total. The number of pyridine rings is 1. The van der Waals surface area contributed by atoms with Gasteiger partial charge < -0.3 is 9.88 Å². The molecular formula is C23H19N5O2S. The van der Waals surface area contributed by atoms with Crippen molar-refractivity contribution in [3.63, 3.8) is 0 Å². The SMILES string of the molecule is Cn1ccc2ccc(-c3cc(Nc4cnccc4S(C)(=O)=O)cc4nccnc34)cc21. The van der Waals surface area contributed by atoms with E-state index in [1.807, 2.05) is 25.4 Å². The van der Waals surface area contributed by atoms with Crippen LogP contribution >= 0.6 is 0 Å². The van der Waals surface area contributed by atoms with E-state index >= 15 is 0 Å². The summed E-state index contributed by atoms with van der Waals surface area (Å²) < 4.78 is 26.4. The minimum atomic E-state index is -3.41. The van der Waals surface area contributed by atoms with Crippen molar-refractivity contribution in [2.24, 2.45) is 7.05 Å². The van der Waals surface area contributed by atoms with E-state index in [4.69, 9.17) is 0 Å². The summed E-state index contributed by atoms with van der Waals surface area (Å²) in [4.78, 5) is 13.3. The van der Waals surface area contributed by atoms with Crippen LogP contribution < -0.4 is 5.32 Å². The van der Waals surface area contributed by atoms with Gasteiger partial charge in [0.1, 0.15) is 0 Å². The molecule has 0 spiro atoms. The van der Waals surface area contributed by atoms with Crippen molar-refractivity contribution in [3.05, 3.63) is 73.4 Å². The zero-order valence-electron chi connectivity index (χ0n) is 16.9. The lowest BCUT2D eigenvalue weighted by Gasteiger charge is -2.13. The molecule has 0 aliphatic carbocycles. The predicted molar refractivity (Wildman–Crippen MR) is 122 cm³/mol. The fraction of sp³-hybridized carbons (Fsp3) is 0.0870. The van der Waals surface area contributed by atoms with Crippen molar-refractivity contribution in [2.45, 2.75) is 4.90 Å². The Morgan fingerprint density at radius 3 is 2.65 bits per heavy atom. The van der Waals surface area contributed by atoms with Gasteiger partial charge in [0.2, 0.25) is 0 Å². The van der Waals surface area contributed by atoms with E-state index < -0.39 is 9.84 Å². The molecule has 0 saturated carbocycles. The van der Waals surface area contributed by atoms with Gasteiger partial charge in [0.15, 0.2) is 9.84 Å². The summed E-state index contributed by atoms with van der Waals surface area (Å²) >= 11 is 0. The zero-order chi connectivity index (χ0) is 21.6. The largest absolute Gasteiger partial charge is 0.353 e. The zero-order valence-corrected chi connectivity index (χ0v) is 17.8. The number of fused-ring (bicyclic) bond motifs is 2. The van der Waals surface area contributed by atoms with Crippen LogP contribution in [-0.2, 0) is 16.9 Å². The average Bonchev–Trinajstić information content (AvgIpc) is 3.13. The Morgan fingerprint density at radius 1 is 0.968 bits per heavy atom. The highest BCUT2D eigenvalue weighted by atomic mass is 32.2. The standard InChI is InChI=1S/C23H19N5O2S/c1-28-10-6-15-3-4-16(11-21(15)28)18-12-17(13-19-23(18)26-9-8-25-19)27-20-14-24-7-5-22(20)31(2,29)30/h3-14,27H,1-2H3. The van der Waals surface area contributed by atoms with Crippen molar-refractivity contribution < 1.29 is 8.42 Å². The third-order valence-electron chi connectivity index (χ3n) is 5.23. The molecule has 0 fully saturated rings. The highest BCUT2D eigenvalue weighted by Crippen LogP contribution is 2.34. The molecule has 5 rings (SSSR count).